The number of benzene rings is 2. The van der Waals surface area contributed by atoms with Crippen LogP contribution in [0.25, 0.3) is 10.8 Å². The maximum atomic E-state index is 9.25. The molecule has 2 nitrogen and oxygen atoms in total. The number of aliphatic hydroxyl groups is 1. The highest BCUT2D eigenvalue weighted by Gasteiger charge is 2.00. The van der Waals surface area contributed by atoms with Gasteiger partial charge in [0.2, 0.25) is 0 Å². The molecule has 0 aromatic heterocycles. The third kappa shape index (κ3) is 1.70. The smallest absolute Gasteiger partial charge is 0.121 e. The Hall–Kier alpha value is -1.54. The van der Waals surface area contributed by atoms with E-state index in [-0.39, 0.29) is 0 Å². The zero-order chi connectivity index (χ0) is 9.97. The molecule has 0 heterocycles. The summed E-state index contributed by atoms with van der Waals surface area (Å²) in [5.41, 5.74) is 0.970. The average Bonchev–Trinajstić information content (AvgIpc) is 2.18. The summed E-state index contributed by atoms with van der Waals surface area (Å²) >= 11 is 0. The van der Waals surface area contributed by atoms with Crippen molar-refractivity contribution >= 4 is 16.5 Å². The van der Waals surface area contributed by atoms with Crippen LogP contribution in [0, 0.1) is 0 Å². The molecule has 2 rings (SSSR count). The van der Waals surface area contributed by atoms with Crippen molar-refractivity contribution in [1.82, 2.24) is 0 Å². The number of aliphatic hydroxyl groups excluding tert-OH is 1. The van der Waals surface area contributed by atoms with E-state index in [2.05, 4.69) is 17.4 Å². The van der Waals surface area contributed by atoms with E-state index in [9.17, 15) is 5.11 Å². The normalized spacial score (nSPS) is 12.7. The van der Waals surface area contributed by atoms with Crippen molar-refractivity contribution in [3.8, 4) is 0 Å². The van der Waals surface area contributed by atoms with Gasteiger partial charge in [-0.15, -0.1) is 0 Å². The van der Waals surface area contributed by atoms with Crippen LogP contribution in [0.2, 0.25) is 0 Å². The quantitative estimate of drug-likeness (QED) is 0.708. The minimum absolute atomic E-state index is 0.527. The molecule has 0 radical (unpaired) electrons. The highest BCUT2D eigenvalue weighted by Crippen LogP contribution is 2.22. The summed E-state index contributed by atoms with van der Waals surface area (Å²) in [7, 11) is 0. The van der Waals surface area contributed by atoms with Crippen molar-refractivity contribution in [3.05, 3.63) is 42.5 Å². The summed E-state index contributed by atoms with van der Waals surface area (Å²) in [4.78, 5) is 0. The Morgan fingerprint density at radius 2 is 1.79 bits per heavy atom. The van der Waals surface area contributed by atoms with Gasteiger partial charge in [-0.1, -0.05) is 36.4 Å². The maximum Gasteiger partial charge on any atom is 0.121 e. The Morgan fingerprint density at radius 1 is 1.07 bits per heavy atom. The molecule has 2 aromatic rings. The van der Waals surface area contributed by atoms with E-state index in [4.69, 9.17) is 0 Å². The van der Waals surface area contributed by atoms with Gasteiger partial charge in [0.15, 0.2) is 0 Å². The van der Waals surface area contributed by atoms with Crippen molar-refractivity contribution in [2.45, 2.75) is 13.2 Å². The van der Waals surface area contributed by atoms with Crippen LogP contribution < -0.4 is 5.32 Å². The first-order valence-corrected chi connectivity index (χ1v) is 4.70. The van der Waals surface area contributed by atoms with Gasteiger partial charge in [-0.05, 0) is 18.4 Å². The van der Waals surface area contributed by atoms with Crippen LogP contribution in [-0.4, -0.2) is 11.3 Å². The van der Waals surface area contributed by atoms with Crippen LogP contribution in [0.15, 0.2) is 42.5 Å². The molecule has 1 unspecified atom stereocenters. The SMILES string of the molecule is CC(O)Nc1cccc2ccccc12. The minimum atomic E-state index is -0.527. The van der Waals surface area contributed by atoms with Crippen LogP contribution in [-0.2, 0) is 0 Å². The molecule has 0 amide bonds. The number of rotatable bonds is 2. The Morgan fingerprint density at radius 3 is 2.57 bits per heavy atom. The molecule has 72 valence electrons. The lowest BCUT2D eigenvalue weighted by Gasteiger charge is -2.11. The Bertz CT molecular complexity index is 432. The Balaban J connectivity index is 2.53. The molecule has 0 aliphatic heterocycles. The standard InChI is InChI=1S/C12H13NO/c1-9(14)13-12-8-4-6-10-5-2-3-7-11(10)12/h2-9,13-14H,1H3. The van der Waals surface area contributed by atoms with Crippen molar-refractivity contribution in [2.75, 3.05) is 5.32 Å². The van der Waals surface area contributed by atoms with Crippen LogP contribution in [0.1, 0.15) is 6.92 Å². The van der Waals surface area contributed by atoms with Gasteiger partial charge in [-0.25, -0.2) is 0 Å². The van der Waals surface area contributed by atoms with E-state index >= 15 is 0 Å². The highest BCUT2D eigenvalue weighted by atomic mass is 16.3. The number of anilines is 1. The minimum Gasteiger partial charge on any atom is -0.374 e. The summed E-state index contributed by atoms with van der Waals surface area (Å²) in [6, 6.07) is 14.1. The van der Waals surface area contributed by atoms with Gasteiger partial charge in [-0.3, -0.25) is 0 Å². The molecule has 0 spiro atoms. The molecule has 0 saturated heterocycles. The van der Waals surface area contributed by atoms with Gasteiger partial charge in [0.05, 0.1) is 0 Å². The van der Waals surface area contributed by atoms with Crippen LogP contribution in [0.5, 0.6) is 0 Å². The molecule has 2 N–H and O–H groups in total. The third-order valence-electron chi connectivity index (χ3n) is 2.15. The first kappa shape index (κ1) is 9.03. The lowest BCUT2D eigenvalue weighted by atomic mass is 10.1. The molecule has 0 bridgehead atoms. The molecule has 0 saturated carbocycles. The van der Waals surface area contributed by atoms with Crippen LogP contribution >= 0.6 is 0 Å². The first-order chi connectivity index (χ1) is 6.77. The van der Waals surface area contributed by atoms with Gasteiger partial charge in [0.1, 0.15) is 6.23 Å². The molecule has 0 aliphatic carbocycles. The molecule has 0 fully saturated rings. The molecular formula is C12H13NO. The number of hydrogen-bond donors (Lipinski definition) is 2. The van der Waals surface area contributed by atoms with Gasteiger partial charge >= 0.3 is 0 Å². The third-order valence-corrected chi connectivity index (χ3v) is 2.15. The van der Waals surface area contributed by atoms with E-state index in [1.807, 2.05) is 30.3 Å². The fourth-order valence-electron chi connectivity index (χ4n) is 1.58. The van der Waals surface area contributed by atoms with Gasteiger partial charge < -0.3 is 10.4 Å². The Kier molecular flexibility index (Phi) is 2.37. The van der Waals surface area contributed by atoms with Crippen molar-refractivity contribution < 1.29 is 5.11 Å². The predicted octanol–water partition coefficient (Wildman–Crippen LogP) is 2.59. The lowest BCUT2D eigenvalue weighted by Crippen LogP contribution is -2.13. The summed E-state index contributed by atoms with van der Waals surface area (Å²) in [6.07, 6.45) is -0.527. The molecule has 2 heteroatoms. The summed E-state index contributed by atoms with van der Waals surface area (Å²) in [5, 5.41) is 14.6. The average molecular weight is 187 g/mol. The zero-order valence-electron chi connectivity index (χ0n) is 8.07. The number of hydrogen-bond acceptors (Lipinski definition) is 2. The van der Waals surface area contributed by atoms with E-state index in [0.717, 1.165) is 11.1 Å². The molecule has 2 aromatic carbocycles. The van der Waals surface area contributed by atoms with Crippen LogP contribution in [0.4, 0.5) is 5.69 Å². The molecule has 14 heavy (non-hydrogen) atoms. The maximum absolute atomic E-state index is 9.25. The predicted molar refractivity (Wildman–Crippen MR) is 59.3 cm³/mol. The van der Waals surface area contributed by atoms with E-state index in [0.29, 0.717) is 0 Å². The second-order valence-corrected chi connectivity index (χ2v) is 3.35. The van der Waals surface area contributed by atoms with Gasteiger partial charge in [0.25, 0.3) is 0 Å². The zero-order valence-corrected chi connectivity index (χ0v) is 8.07. The first-order valence-electron chi connectivity index (χ1n) is 4.70. The monoisotopic (exact) mass is 187 g/mol. The van der Waals surface area contributed by atoms with Crippen molar-refractivity contribution in [2.24, 2.45) is 0 Å². The van der Waals surface area contributed by atoms with E-state index < -0.39 is 6.23 Å². The summed E-state index contributed by atoms with van der Waals surface area (Å²) in [5.74, 6) is 0. The molecule has 0 aliphatic rings. The topological polar surface area (TPSA) is 32.3 Å². The largest absolute Gasteiger partial charge is 0.374 e. The fourth-order valence-corrected chi connectivity index (χ4v) is 1.58. The summed E-state index contributed by atoms with van der Waals surface area (Å²) < 4.78 is 0. The fraction of sp³-hybridized carbons (Fsp3) is 0.167. The van der Waals surface area contributed by atoms with Gasteiger partial charge in [0, 0.05) is 11.1 Å². The van der Waals surface area contributed by atoms with Crippen LogP contribution in [0.3, 0.4) is 0 Å². The van der Waals surface area contributed by atoms with E-state index in [1.54, 1.807) is 6.92 Å². The van der Waals surface area contributed by atoms with Crippen molar-refractivity contribution in [3.63, 3.8) is 0 Å². The number of nitrogens with one attached hydrogen (secondary N) is 1. The van der Waals surface area contributed by atoms with E-state index in [1.165, 1.54) is 5.39 Å². The summed E-state index contributed by atoms with van der Waals surface area (Å²) in [6.45, 7) is 1.71. The second-order valence-electron chi connectivity index (χ2n) is 3.35. The Labute approximate surface area is 83.2 Å². The highest BCUT2D eigenvalue weighted by molar-refractivity contribution is 5.93. The molecule has 1 atom stereocenters. The lowest BCUT2D eigenvalue weighted by molar-refractivity contribution is 0.224. The van der Waals surface area contributed by atoms with Crippen molar-refractivity contribution in [1.29, 1.82) is 0 Å². The second kappa shape index (κ2) is 3.68. The molecular weight excluding hydrogens is 174 g/mol. The van der Waals surface area contributed by atoms with Gasteiger partial charge in [-0.2, -0.15) is 0 Å². The number of fused-ring (bicyclic) bond motifs is 1.